The molecule has 1 amide bonds. The molecule has 19 heavy (non-hydrogen) atoms. The molecule has 3 heteroatoms. The first-order chi connectivity index (χ1) is 9.24. The molecule has 1 heterocycles. The lowest BCUT2D eigenvalue weighted by molar-refractivity contribution is -0.130. The van der Waals surface area contributed by atoms with Crippen molar-refractivity contribution in [1.29, 1.82) is 0 Å². The summed E-state index contributed by atoms with van der Waals surface area (Å²) in [4.78, 5) is 13.6. The van der Waals surface area contributed by atoms with E-state index in [9.17, 15) is 9.90 Å². The summed E-state index contributed by atoms with van der Waals surface area (Å²) in [5, 5.41) is 9.38. The van der Waals surface area contributed by atoms with Gasteiger partial charge in [0.2, 0.25) is 5.91 Å². The van der Waals surface area contributed by atoms with E-state index < -0.39 is 0 Å². The molecule has 1 saturated heterocycles. The third-order valence-corrected chi connectivity index (χ3v) is 4.01. The minimum Gasteiger partial charge on any atom is -0.391 e. The number of likely N-dealkylation sites (tertiary alicyclic amines) is 1. The Morgan fingerprint density at radius 1 is 1.05 bits per heavy atom. The predicted octanol–water partition coefficient (Wildman–Crippen LogP) is 3.50. The second-order valence-electron chi connectivity index (χ2n) is 5.86. The van der Waals surface area contributed by atoms with Crippen LogP contribution >= 0.6 is 0 Å². The van der Waals surface area contributed by atoms with Crippen LogP contribution in [0.3, 0.4) is 0 Å². The molecule has 0 spiro atoms. The van der Waals surface area contributed by atoms with Crippen molar-refractivity contribution in [2.75, 3.05) is 13.1 Å². The van der Waals surface area contributed by atoms with Crippen molar-refractivity contribution < 1.29 is 9.90 Å². The molecule has 0 aromatic heterocycles. The number of aliphatic hydroxyl groups excluding tert-OH is 1. The Morgan fingerprint density at radius 3 is 2.16 bits per heavy atom. The number of carbonyl (C=O) groups excluding carboxylic acids is 1. The lowest BCUT2D eigenvalue weighted by atomic mass is 10.1. The summed E-state index contributed by atoms with van der Waals surface area (Å²) < 4.78 is 0. The van der Waals surface area contributed by atoms with Crippen molar-refractivity contribution in [3.63, 3.8) is 0 Å². The molecule has 0 bridgehead atoms. The second-order valence-corrected chi connectivity index (χ2v) is 5.86. The maximum atomic E-state index is 11.8. The van der Waals surface area contributed by atoms with Crippen LogP contribution in [-0.4, -0.2) is 35.1 Å². The third kappa shape index (κ3) is 7.56. The van der Waals surface area contributed by atoms with Gasteiger partial charge in [0.05, 0.1) is 6.10 Å². The molecule has 0 saturated carbocycles. The van der Waals surface area contributed by atoms with Crippen molar-refractivity contribution in [1.82, 2.24) is 4.90 Å². The normalized spacial score (nSPS) is 19.1. The van der Waals surface area contributed by atoms with Crippen molar-refractivity contribution in [3.05, 3.63) is 0 Å². The number of β-amino-alcohol motifs (C(OH)–C–C–N with tert-alkyl or cyclic N) is 1. The lowest BCUT2D eigenvalue weighted by Gasteiger charge is -2.15. The molecule has 1 fully saturated rings. The highest BCUT2D eigenvalue weighted by atomic mass is 16.3. The number of nitrogens with zero attached hydrogens (tertiary/aromatic N) is 1. The van der Waals surface area contributed by atoms with Crippen LogP contribution in [-0.2, 0) is 4.79 Å². The average Bonchev–Trinajstić information content (AvgIpc) is 2.83. The quantitative estimate of drug-likeness (QED) is 0.617. The van der Waals surface area contributed by atoms with Gasteiger partial charge in [0, 0.05) is 19.5 Å². The fourth-order valence-corrected chi connectivity index (χ4v) is 2.71. The summed E-state index contributed by atoms with van der Waals surface area (Å²) in [6.07, 6.45) is 12.7. The smallest absolute Gasteiger partial charge is 0.222 e. The van der Waals surface area contributed by atoms with Gasteiger partial charge in [0.1, 0.15) is 0 Å². The van der Waals surface area contributed by atoms with Crippen LogP contribution in [0, 0.1) is 0 Å². The zero-order chi connectivity index (χ0) is 13.9. The fraction of sp³-hybridized carbons (Fsp3) is 0.938. The molecule has 0 radical (unpaired) electrons. The van der Waals surface area contributed by atoms with E-state index >= 15 is 0 Å². The van der Waals surface area contributed by atoms with Crippen molar-refractivity contribution in [2.45, 2.75) is 83.7 Å². The van der Waals surface area contributed by atoms with E-state index in [4.69, 9.17) is 0 Å². The van der Waals surface area contributed by atoms with E-state index in [0.29, 0.717) is 13.0 Å². The number of aliphatic hydroxyl groups is 1. The Bertz CT molecular complexity index is 243. The number of hydrogen-bond donors (Lipinski definition) is 1. The van der Waals surface area contributed by atoms with Gasteiger partial charge in [0.15, 0.2) is 0 Å². The van der Waals surface area contributed by atoms with E-state index in [0.717, 1.165) is 19.4 Å². The highest BCUT2D eigenvalue weighted by Gasteiger charge is 2.23. The number of amides is 1. The summed E-state index contributed by atoms with van der Waals surface area (Å²) in [5.41, 5.74) is 0. The molecule has 1 aliphatic rings. The summed E-state index contributed by atoms with van der Waals surface area (Å²) in [6, 6.07) is 0. The van der Waals surface area contributed by atoms with E-state index in [1.807, 2.05) is 4.90 Å². The molecule has 1 atom stereocenters. The molecule has 1 N–H and O–H groups in total. The van der Waals surface area contributed by atoms with Gasteiger partial charge in [-0.3, -0.25) is 4.79 Å². The van der Waals surface area contributed by atoms with Crippen LogP contribution in [0.5, 0.6) is 0 Å². The van der Waals surface area contributed by atoms with E-state index in [1.54, 1.807) is 0 Å². The third-order valence-electron chi connectivity index (χ3n) is 4.01. The van der Waals surface area contributed by atoms with Gasteiger partial charge in [-0.1, -0.05) is 58.3 Å². The molecule has 1 rings (SSSR count). The van der Waals surface area contributed by atoms with E-state index in [2.05, 4.69) is 6.92 Å². The highest BCUT2D eigenvalue weighted by Crippen LogP contribution is 2.14. The van der Waals surface area contributed by atoms with Crippen LogP contribution in [0.25, 0.3) is 0 Å². The molecule has 0 aromatic carbocycles. The summed E-state index contributed by atoms with van der Waals surface area (Å²) >= 11 is 0. The van der Waals surface area contributed by atoms with Crippen LogP contribution in [0.2, 0.25) is 0 Å². The highest BCUT2D eigenvalue weighted by molar-refractivity contribution is 5.76. The summed E-state index contributed by atoms with van der Waals surface area (Å²) in [7, 11) is 0. The molecule has 0 aromatic rings. The maximum absolute atomic E-state index is 11.8. The first kappa shape index (κ1) is 16.5. The molecule has 0 aliphatic carbocycles. The molecule has 3 nitrogen and oxygen atoms in total. The van der Waals surface area contributed by atoms with Crippen molar-refractivity contribution >= 4 is 5.91 Å². The standard InChI is InChI=1S/C16H31NO2/c1-2-3-4-5-6-7-8-9-10-11-16(19)17-13-12-15(18)14-17/h15,18H,2-14H2,1H3/t15-/m1/s1. The Labute approximate surface area is 118 Å². The van der Waals surface area contributed by atoms with Crippen LogP contribution < -0.4 is 0 Å². The predicted molar refractivity (Wildman–Crippen MR) is 79.0 cm³/mol. The fourth-order valence-electron chi connectivity index (χ4n) is 2.71. The van der Waals surface area contributed by atoms with Gasteiger partial charge in [0.25, 0.3) is 0 Å². The minimum absolute atomic E-state index is 0.236. The van der Waals surface area contributed by atoms with Crippen LogP contribution in [0.15, 0.2) is 0 Å². The second kappa shape index (κ2) is 10.2. The number of carbonyl (C=O) groups is 1. The monoisotopic (exact) mass is 269 g/mol. The Hall–Kier alpha value is -0.570. The van der Waals surface area contributed by atoms with E-state index in [1.165, 1.54) is 51.4 Å². The molecule has 0 unspecified atom stereocenters. The largest absolute Gasteiger partial charge is 0.391 e. The van der Waals surface area contributed by atoms with Gasteiger partial charge in [-0.05, 0) is 12.8 Å². The molecular weight excluding hydrogens is 238 g/mol. The van der Waals surface area contributed by atoms with E-state index in [-0.39, 0.29) is 12.0 Å². The first-order valence-electron chi connectivity index (χ1n) is 8.20. The topological polar surface area (TPSA) is 40.5 Å². The van der Waals surface area contributed by atoms with Crippen LogP contribution in [0.4, 0.5) is 0 Å². The Balaban J connectivity index is 1.86. The summed E-state index contributed by atoms with van der Waals surface area (Å²) in [5.74, 6) is 0.236. The van der Waals surface area contributed by atoms with Gasteiger partial charge >= 0.3 is 0 Å². The molecule has 112 valence electrons. The van der Waals surface area contributed by atoms with Gasteiger partial charge in [-0.15, -0.1) is 0 Å². The zero-order valence-electron chi connectivity index (χ0n) is 12.6. The van der Waals surface area contributed by atoms with Crippen molar-refractivity contribution in [3.8, 4) is 0 Å². The van der Waals surface area contributed by atoms with Gasteiger partial charge < -0.3 is 10.0 Å². The van der Waals surface area contributed by atoms with Gasteiger partial charge in [-0.25, -0.2) is 0 Å². The first-order valence-corrected chi connectivity index (χ1v) is 8.20. The van der Waals surface area contributed by atoms with Crippen molar-refractivity contribution in [2.24, 2.45) is 0 Å². The SMILES string of the molecule is CCCCCCCCCCCC(=O)N1CC[C@@H](O)C1. The molecular formula is C16H31NO2. The Morgan fingerprint density at radius 2 is 1.63 bits per heavy atom. The molecule has 1 aliphatic heterocycles. The zero-order valence-corrected chi connectivity index (χ0v) is 12.6. The number of rotatable bonds is 10. The Kier molecular flexibility index (Phi) is 8.89. The lowest BCUT2D eigenvalue weighted by Crippen LogP contribution is -2.29. The maximum Gasteiger partial charge on any atom is 0.222 e. The summed E-state index contributed by atoms with van der Waals surface area (Å²) in [6.45, 7) is 3.55. The number of unbranched alkanes of at least 4 members (excludes halogenated alkanes) is 8. The minimum atomic E-state index is -0.285. The average molecular weight is 269 g/mol. The van der Waals surface area contributed by atoms with Crippen LogP contribution in [0.1, 0.15) is 77.6 Å². The van der Waals surface area contributed by atoms with Gasteiger partial charge in [-0.2, -0.15) is 0 Å². The number of hydrogen-bond acceptors (Lipinski definition) is 2.